The second-order valence-corrected chi connectivity index (χ2v) is 9.58. The average molecular weight is 418 g/mol. The van der Waals surface area contributed by atoms with E-state index in [-0.39, 0.29) is 36.4 Å². The van der Waals surface area contributed by atoms with Crippen molar-refractivity contribution < 1.29 is 17.9 Å². The van der Waals surface area contributed by atoms with Crippen molar-refractivity contribution in [2.75, 3.05) is 13.2 Å². The van der Waals surface area contributed by atoms with Crippen molar-refractivity contribution in [3.63, 3.8) is 0 Å². The van der Waals surface area contributed by atoms with Crippen molar-refractivity contribution in [1.82, 2.24) is 4.31 Å². The zero-order chi connectivity index (χ0) is 21.5. The summed E-state index contributed by atoms with van der Waals surface area (Å²) < 4.78 is 32.9. The third-order valence-electron chi connectivity index (χ3n) is 5.23. The Balaban J connectivity index is 2.30. The quantitative estimate of drug-likeness (QED) is 0.533. The highest BCUT2D eigenvalue weighted by molar-refractivity contribution is 7.89. The number of hydrogen-bond acceptors (Lipinski definition) is 4. The van der Waals surface area contributed by atoms with Gasteiger partial charge in [0, 0.05) is 13.1 Å². The van der Waals surface area contributed by atoms with Gasteiger partial charge in [0.05, 0.1) is 17.9 Å². The zero-order valence-electron chi connectivity index (χ0n) is 17.7. The lowest BCUT2D eigenvalue weighted by Gasteiger charge is -2.25. The highest BCUT2D eigenvalue weighted by Crippen LogP contribution is 2.28. The van der Waals surface area contributed by atoms with Gasteiger partial charge in [-0.25, -0.2) is 8.42 Å². The molecule has 0 radical (unpaired) electrons. The summed E-state index contributed by atoms with van der Waals surface area (Å²) in [5.41, 5.74) is 1.94. The lowest BCUT2D eigenvalue weighted by molar-refractivity contribution is -0.143. The van der Waals surface area contributed by atoms with E-state index in [4.69, 9.17) is 4.74 Å². The van der Waals surface area contributed by atoms with Crippen LogP contribution in [0.4, 0.5) is 0 Å². The maximum Gasteiger partial charge on any atom is 0.307 e. The van der Waals surface area contributed by atoms with E-state index < -0.39 is 16.0 Å². The molecule has 2 rings (SSSR count). The molecule has 0 saturated heterocycles. The number of carbonyl (C=O) groups is 1. The Morgan fingerprint density at radius 2 is 1.62 bits per heavy atom. The molecule has 0 aromatic heterocycles. The fourth-order valence-electron chi connectivity index (χ4n) is 2.95. The summed E-state index contributed by atoms with van der Waals surface area (Å²) in [4.78, 5) is 12.0. The summed E-state index contributed by atoms with van der Waals surface area (Å²) in [6.45, 7) is 8.66. The van der Waals surface area contributed by atoms with Crippen LogP contribution in [0.25, 0.3) is 0 Å². The largest absolute Gasteiger partial charge is 0.466 e. The molecule has 0 atom stereocenters. The third kappa shape index (κ3) is 6.15. The van der Waals surface area contributed by atoms with E-state index in [0.29, 0.717) is 0 Å². The number of hydrogen-bond donors (Lipinski definition) is 0. The van der Waals surface area contributed by atoms with Gasteiger partial charge in [-0.2, -0.15) is 4.31 Å². The summed E-state index contributed by atoms with van der Waals surface area (Å²) in [5, 5.41) is 0. The minimum Gasteiger partial charge on any atom is -0.466 e. The minimum atomic E-state index is -3.75. The summed E-state index contributed by atoms with van der Waals surface area (Å²) in [6, 6.07) is 16.4. The van der Waals surface area contributed by atoms with Gasteiger partial charge in [-0.05, 0) is 42.0 Å². The molecule has 158 valence electrons. The number of rotatable bonds is 10. The predicted octanol–water partition coefficient (Wildman–Crippen LogP) is 4.52. The second-order valence-electron chi connectivity index (χ2n) is 7.64. The van der Waals surface area contributed by atoms with Crippen molar-refractivity contribution >= 4 is 16.0 Å². The predicted molar refractivity (Wildman–Crippen MR) is 115 cm³/mol. The summed E-state index contributed by atoms with van der Waals surface area (Å²) >= 11 is 0. The van der Waals surface area contributed by atoms with Crippen LogP contribution in [0.3, 0.4) is 0 Å². The molecular weight excluding hydrogens is 386 g/mol. The Hall–Kier alpha value is -2.18. The molecule has 0 bridgehead atoms. The van der Waals surface area contributed by atoms with Crippen molar-refractivity contribution in [3.8, 4) is 0 Å². The van der Waals surface area contributed by atoms with Crippen molar-refractivity contribution in [3.05, 3.63) is 65.7 Å². The Morgan fingerprint density at radius 3 is 2.17 bits per heavy atom. The average Bonchev–Trinajstić information content (AvgIpc) is 2.72. The SMILES string of the molecule is CCOC(=O)CCN(Cc1ccccc1)S(=O)(=O)c1ccc(C(C)(C)CC)cc1. The standard InChI is InChI=1S/C23H31NO4S/c1-5-23(3,4)20-12-14-21(15-13-20)29(26,27)24(17-16-22(25)28-6-2)18-19-10-8-7-9-11-19/h7-15H,5-6,16-18H2,1-4H3. The van der Waals surface area contributed by atoms with Crippen LogP contribution in [0.15, 0.2) is 59.5 Å². The van der Waals surface area contributed by atoms with Crippen LogP contribution in [-0.4, -0.2) is 31.8 Å². The summed E-state index contributed by atoms with van der Waals surface area (Å²) in [5.74, 6) is -0.402. The molecule has 5 nitrogen and oxygen atoms in total. The van der Waals surface area contributed by atoms with Crippen LogP contribution in [-0.2, 0) is 31.5 Å². The van der Waals surface area contributed by atoms with Gasteiger partial charge in [0.15, 0.2) is 0 Å². The molecule has 29 heavy (non-hydrogen) atoms. The van der Waals surface area contributed by atoms with Crippen LogP contribution >= 0.6 is 0 Å². The zero-order valence-corrected chi connectivity index (χ0v) is 18.5. The second kappa shape index (κ2) is 10.0. The lowest BCUT2D eigenvalue weighted by atomic mass is 9.82. The van der Waals surface area contributed by atoms with Gasteiger partial charge in [-0.3, -0.25) is 4.79 Å². The maximum atomic E-state index is 13.3. The summed E-state index contributed by atoms with van der Waals surface area (Å²) in [6.07, 6.45) is 0.972. The monoisotopic (exact) mass is 417 g/mol. The topological polar surface area (TPSA) is 63.7 Å². The number of nitrogens with zero attached hydrogens (tertiary/aromatic N) is 1. The molecule has 0 heterocycles. The summed E-state index contributed by atoms with van der Waals surface area (Å²) in [7, 11) is -3.75. The van der Waals surface area contributed by atoms with Gasteiger partial charge in [0.25, 0.3) is 0 Å². The molecule has 0 saturated carbocycles. The van der Waals surface area contributed by atoms with Gasteiger partial charge in [0.2, 0.25) is 10.0 Å². The van der Waals surface area contributed by atoms with Crippen LogP contribution in [0.5, 0.6) is 0 Å². The first-order chi connectivity index (χ1) is 13.7. The highest BCUT2D eigenvalue weighted by atomic mass is 32.2. The Labute approximate surface area is 174 Å². The van der Waals surface area contributed by atoms with Crippen LogP contribution < -0.4 is 0 Å². The van der Waals surface area contributed by atoms with E-state index >= 15 is 0 Å². The fourth-order valence-corrected chi connectivity index (χ4v) is 4.38. The molecule has 2 aromatic rings. The lowest BCUT2D eigenvalue weighted by Crippen LogP contribution is -2.33. The minimum absolute atomic E-state index is 0.0147. The molecule has 6 heteroatoms. The smallest absolute Gasteiger partial charge is 0.307 e. The van der Waals surface area contributed by atoms with E-state index in [1.165, 1.54) is 4.31 Å². The van der Waals surface area contributed by atoms with E-state index in [0.717, 1.165) is 17.5 Å². The fraction of sp³-hybridized carbons (Fsp3) is 0.435. The van der Waals surface area contributed by atoms with Gasteiger partial charge in [-0.1, -0.05) is 63.2 Å². The number of carbonyl (C=O) groups excluding carboxylic acids is 1. The normalized spacial score (nSPS) is 12.2. The Kier molecular flexibility index (Phi) is 7.99. The number of esters is 1. The van der Waals surface area contributed by atoms with E-state index in [1.807, 2.05) is 42.5 Å². The van der Waals surface area contributed by atoms with Crippen molar-refractivity contribution in [2.45, 2.75) is 57.4 Å². The van der Waals surface area contributed by atoms with Crippen molar-refractivity contribution in [2.24, 2.45) is 0 Å². The van der Waals surface area contributed by atoms with Crippen LogP contribution in [0.1, 0.15) is 51.7 Å². The van der Waals surface area contributed by atoms with Gasteiger partial charge >= 0.3 is 5.97 Å². The molecule has 0 unspecified atom stereocenters. The molecule has 0 aliphatic rings. The maximum absolute atomic E-state index is 13.3. The molecule has 0 N–H and O–H groups in total. The van der Waals surface area contributed by atoms with E-state index in [9.17, 15) is 13.2 Å². The van der Waals surface area contributed by atoms with E-state index in [1.54, 1.807) is 19.1 Å². The Bertz CT molecular complexity index is 890. The highest BCUT2D eigenvalue weighted by Gasteiger charge is 2.26. The number of benzene rings is 2. The molecule has 0 aliphatic heterocycles. The van der Waals surface area contributed by atoms with Gasteiger partial charge < -0.3 is 4.74 Å². The van der Waals surface area contributed by atoms with Gasteiger partial charge in [-0.15, -0.1) is 0 Å². The van der Waals surface area contributed by atoms with Crippen LogP contribution in [0.2, 0.25) is 0 Å². The molecule has 0 spiro atoms. The molecule has 2 aromatic carbocycles. The van der Waals surface area contributed by atoms with Crippen LogP contribution in [0, 0.1) is 0 Å². The van der Waals surface area contributed by atoms with E-state index in [2.05, 4.69) is 20.8 Å². The number of ether oxygens (including phenoxy) is 1. The van der Waals surface area contributed by atoms with Crippen molar-refractivity contribution in [1.29, 1.82) is 0 Å². The first kappa shape index (κ1) is 23.1. The molecule has 0 fully saturated rings. The Morgan fingerprint density at radius 1 is 1.00 bits per heavy atom. The molecular formula is C23H31NO4S. The molecule has 0 aliphatic carbocycles. The first-order valence-electron chi connectivity index (χ1n) is 10.0. The first-order valence-corrected chi connectivity index (χ1v) is 11.4. The third-order valence-corrected chi connectivity index (χ3v) is 7.09. The number of sulfonamides is 1. The van der Waals surface area contributed by atoms with Gasteiger partial charge in [0.1, 0.15) is 0 Å². The molecule has 0 amide bonds.